The minimum Gasteiger partial charge on any atom is -0.507 e. The van der Waals surface area contributed by atoms with E-state index in [1.807, 2.05) is 12.1 Å². The standard InChI is InChI=1S/C11H10N2O2/c1-15-13-7-10-9-4-5-12-6-8(9)2-3-11(10)14/h2-7,14H,1H3/b13-7+. The minimum absolute atomic E-state index is 0.175. The first-order valence-electron chi connectivity index (χ1n) is 4.45. The van der Waals surface area contributed by atoms with Crippen LogP contribution in [0.25, 0.3) is 10.8 Å². The summed E-state index contributed by atoms with van der Waals surface area (Å²) in [4.78, 5) is 8.60. The summed E-state index contributed by atoms with van der Waals surface area (Å²) in [7, 11) is 1.46. The van der Waals surface area contributed by atoms with Gasteiger partial charge in [0.05, 0.1) is 6.21 Å². The van der Waals surface area contributed by atoms with Gasteiger partial charge in [0.25, 0.3) is 0 Å². The highest BCUT2D eigenvalue weighted by Gasteiger charge is 2.04. The van der Waals surface area contributed by atoms with Crippen LogP contribution in [0.2, 0.25) is 0 Å². The number of aromatic hydroxyl groups is 1. The Bertz CT molecular complexity index is 509. The molecule has 2 rings (SSSR count). The molecule has 4 nitrogen and oxygen atoms in total. The van der Waals surface area contributed by atoms with E-state index >= 15 is 0 Å². The van der Waals surface area contributed by atoms with Crippen LogP contribution in [-0.4, -0.2) is 23.4 Å². The van der Waals surface area contributed by atoms with Gasteiger partial charge in [-0.25, -0.2) is 0 Å². The van der Waals surface area contributed by atoms with Crippen molar-refractivity contribution in [3.8, 4) is 5.75 Å². The largest absolute Gasteiger partial charge is 0.507 e. The molecule has 0 saturated carbocycles. The van der Waals surface area contributed by atoms with E-state index in [-0.39, 0.29) is 5.75 Å². The van der Waals surface area contributed by atoms with Gasteiger partial charge in [-0.05, 0) is 23.6 Å². The fraction of sp³-hybridized carbons (Fsp3) is 0.0909. The lowest BCUT2D eigenvalue weighted by atomic mass is 10.1. The lowest BCUT2D eigenvalue weighted by Gasteiger charge is -2.03. The van der Waals surface area contributed by atoms with Gasteiger partial charge in [0.1, 0.15) is 12.9 Å². The zero-order valence-electron chi connectivity index (χ0n) is 8.21. The predicted octanol–water partition coefficient (Wildman–Crippen LogP) is 1.92. The molecule has 0 bridgehead atoms. The normalized spacial score (nSPS) is 11.0. The van der Waals surface area contributed by atoms with E-state index in [0.717, 1.165) is 10.8 Å². The topological polar surface area (TPSA) is 54.7 Å². The predicted molar refractivity (Wildman–Crippen MR) is 58.0 cm³/mol. The molecule has 2 aromatic rings. The number of aromatic nitrogens is 1. The zero-order valence-corrected chi connectivity index (χ0v) is 8.21. The van der Waals surface area contributed by atoms with Crippen LogP contribution < -0.4 is 0 Å². The average molecular weight is 202 g/mol. The number of phenolic OH excluding ortho intramolecular Hbond substituents is 1. The van der Waals surface area contributed by atoms with Crippen LogP contribution in [-0.2, 0) is 4.84 Å². The fourth-order valence-corrected chi connectivity index (χ4v) is 1.42. The summed E-state index contributed by atoms with van der Waals surface area (Å²) >= 11 is 0. The molecule has 0 atom stereocenters. The maximum Gasteiger partial charge on any atom is 0.125 e. The summed E-state index contributed by atoms with van der Waals surface area (Å²) in [6, 6.07) is 5.24. The number of rotatable bonds is 2. The van der Waals surface area contributed by atoms with Crippen LogP contribution in [0.4, 0.5) is 0 Å². The van der Waals surface area contributed by atoms with E-state index in [4.69, 9.17) is 0 Å². The van der Waals surface area contributed by atoms with Crippen molar-refractivity contribution in [2.45, 2.75) is 0 Å². The third-order valence-corrected chi connectivity index (χ3v) is 2.13. The SMILES string of the molecule is CO/N=C/c1c(O)ccc2cnccc12. The van der Waals surface area contributed by atoms with Gasteiger partial charge in [0.15, 0.2) is 0 Å². The first kappa shape index (κ1) is 9.45. The second kappa shape index (κ2) is 3.96. The van der Waals surface area contributed by atoms with Gasteiger partial charge in [0, 0.05) is 23.3 Å². The highest BCUT2D eigenvalue weighted by atomic mass is 16.6. The molecule has 0 aliphatic rings. The Morgan fingerprint density at radius 2 is 2.27 bits per heavy atom. The van der Waals surface area contributed by atoms with Crippen molar-refractivity contribution in [3.05, 3.63) is 36.2 Å². The molecule has 1 aromatic carbocycles. The zero-order chi connectivity index (χ0) is 10.7. The summed E-state index contributed by atoms with van der Waals surface area (Å²) in [5.74, 6) is 0.175. The van der Waals surface area contributed by atoms with Crippen molar-refractivity contribution in [2.24, 2.45) is 5.16 Å². The summed E-state index contributed by atoms with van der Waals surface area (Å²) in [5.41, 5.74) is 0.636. The smallest absolute Gasteiger partial charge is 0.125 e. The highest BCUT2D eigenvalue weighted by molar-refractivity contribution is 6.01. The van der Waals surface area contributed by atoms with E-state index in [1.165, 1.54) is 13.3 Å². The maximum atomic E-state index is 9.67. The van der Waals surface area contributed by atoms with Crippen LogP contribution in [0.15, 0.2) is 35.7 Å². The number of nitrogens with zero attached hydrogens (tertiary/aromatic N) is 2. The molecule has 4 heteroatoms. The van der Waals surface area contributed by atoms with Gasteiger partial charge in [-0.1, -0.05) is 5.16 Å². The Labute approximate surface area is 86.8 Å². The molecule has 0 aliphatic heterocycles. The quantitative estimate of drug-likeness (QED) is 0.598. The molecular weight excluding hydrogens is 192 g/mol. The molecule has 0 aliphatic carbocycles. The summed E-state index contributed by atoms with van der Waals surface area (Å²) in [6.07, 6.45) is 4.89. The lowest BCUT2D eigenvalue weighted by molar-refractivity contribution is 0.215. The van der Waals surface area contributed by atoms with E-state index in [1.54, 1.807) is 18.5 Å². The number of hydrogen-bond acceptors (Lipinski definition) is 4. The van der Waals surface area contributed by atoms with Gasteiger partial charge in [0.2, 0.25) is 0 Å². The Hall–Kier alpha value is -2.10. The van der Waals surface area contributed by atoms with Crippen molar-refractivity contribution in [1.82, 2.24) is 4.98 Å². The number of oxime groups is 1. The highest BCUT2D eigenvalue weighted by Crippen LogP contribution is 2.24. The minimum atomic E-state index is 0.175. The first-order valence-corrected chi connectivity index (χ1v) is 4.45. The average Bonchev–Trinajstić information content (AvgIpc) is 2.28. The molecule has 0 amide bonds. The lowest BCUT2D eigenvalue weighted by Crippen LogP contribution is -1.87. The van der Waals surface area contributed by atoms with Crippen LogP contribution in [0.1, 0.15) is 5.56 Å². The van der Waals surface area contributed by atoms with Crippen molar-refractivity contribution >= 4 is 17.0 Å². The van der Waals surface area contributed by atoms with E-state index in [9.17, 15) is 5.11 Å². The molecule has 1 N–H and O–H groups in total. The molecule has 0 saturated heterocycles. The summed E-state index contributed by atoms with van der Waals surface area (Å²) in [6.45, 7) is 0. The number of hydrogen-bond donors (Lipinski definition) is 1. The number of phenols is 1. The van der Waals surface area contributed by atoms with Gasteiger partial charge in [-0.3, -0.25) is 4.98 Å². The second-order valence-electron chi connectivity index (χ2n) is 3.01. The molecule has 0 radical (unpaired) electrons. The Kier molecular flexibility index (Phi) is 2.49. The molecular formula is C11H10N2O2. The molecule has 15 heavy (non-hydrogen) atoms. The van der Waals surface area contributed by atoms with Crippen LogP contribution in [0.3, 0.4) is 0 Å². The van der Waals surface area contributed by atoms with Crippen molar-refractivity contribution < 1.29 is 9.94 Å². The Morgan fingerprint density at radius 3 is 3.07 bits per heavy atom. The molecule has 0 spiro atoms. The van der Waals surface area contributed by atoms with Crippen LogP contribution >= 0.6 is 0 Å². The summed E-state index contributed by atoms with van der Waals surface area (Å²) < 4.78 is 0. The second-order valence-corrected chi connectivity index (χ2v) is 3.01. The molecule has 1 heterocycles. The third kappa shape index (κ3) is 1.74. The Balaban J connectivity index is 2.68. The number of fused-ring (bicyclic) bond motifs is 1. The van der Waals surface area contributed by atoms with Crippen molar-refractivity contribution in [3.63, 3.8) is 0 Å². The molecule has 1 aromatic heterocycles. The van der Waals surface area contributed by atoms with E-state index < -0.39 is 0 Å². The van der Waals surface area contributed by atoms with Crippen LogP contribution in [0.5, 0.6) is 5.75 Å². The fourth-order valence-electron chi connectivity index (χ4n) is 1.42. The van der Waals surface area contributed by atoms with Gasteiger partial charge in [-0.2, -0.15) is 0 Å². The maximum absolute atomic E-state index is 9.67. The number of pyridine rings is 1. The first-order chi connectivity index (χ1) is 7.33. The van der Waals surface area contributed by atoms with E-state index in [0.29, 0.717) is 5.56 Å². The van der Waals surface area contributed by atoms with Crippen molar-refractivity contribution in [1.29, 1.82) is 0 Å². The Morgan fingerprint density at radius 1 is 1.40 bits per heavy atom. The molecule has 76 valence electrons. The van der Waals surface area contributed by atoms with Gasteiger partial charge >= 0.3 is 0 Å². The van der Waals surface area contributed by atoms with Crippen molar-refractivity contribution in [2.75, 3.05) is 7.11 Å². The monoisotopic (exact) mass is 202 g/mol. The van der Waals surface area contributed by atoms with Gasteiger partial charge in [-0.15, -0.1) is 0 Å². The number of benzene rings is 1. The molecule has 0 fully saturated rings. The third-order valence-electron chi connectivity index (χ3n) is 2.13. The molecule has 0 unspecified atom stereocenters. The van der Waals surface area contributed by atoms with Gasteiger partial charge < -0.3 is 9.94 Å². The summed E-state index contributed by atoms with van der Waals surface area (Å²) in [5, 5.41) is 15.2. The van der Waals surface area contributed by atoms with E-state index in [2.05, 4.69) is 15.0 Å². The van der Waals surface area contributed by atoms with Crippen LogP contribution in [0, 0.1) is 0 Å².